The Morgan fingerprint density at radius 1 is 1.04 bits per heavy atom. The highest BCUT2D eigenvalue weighted by atomic mass is 35.5. The van der Waals surface area contributed by atoms with Gasteiger partial charge in [0.1, 0.15) is 4.90 Å². The Balaban J connectivity index is 1.92. The second-order valence-electron chi connectivity index (χ2n) is 6.37. The molecule has 0 radical (unpaired) electrons. The molecule has 3 rings (SSSR count). The smallest absolute Gasteiger partial charge is 0.263 e. The maximum Gasteiger partial charge on any atom is 0.263 e. The van der Waals surface area contributed by atoms with E-state index in [0.29, 0.717) is 22.9 Å². The minimum absolute atomic E-state index is 0.0678. The highest BCUT2D eigenvalue weighted by molar-refractivity contribution is 7.92. The van der Waals surface area contributed by atoms with Gasteiger partial charge < -0.3 is 0 Å². The summed E-state index contributed by atoms with van der Waals surface area (Å²) in [6.07, 6.45) is 0. The van der Waals surface area contributed by atoms with Crippen LogP contribution in [0.2, 0.25) is 10.0 Å². The lowest BCUT2D eigenvalue weighted by Gasteiger charge is -2.11. The molecule has 0 atom stereocenters. The molecule has 0 aliphatic rings. The zero-order valence-electron chi connectivity index (χ0n) is 15.1. The van der Waals surface area contributed by atoms with Crippen LogP contribution in [0.5, 0.6) is 0 Å². The molecule has 5 nitrogen and oxygen atoms in total. The van der Waals surface area contributed by atoms with Gasteiger partial charge in [-0.05, 0) is 44.5 Å². The largest absolute Gasteiger partial charge is 0.276 e. The molecule has 0 saturated carbocycles. The Labute approximate surface area is 169 Å². The standard InChI is InChI=1S/C19H19Cl2N3O2S/c1-12-4-6-15(7-5-12)11-24-14(3)19(13(2)22-24)23-27(25,26)18-10-16(20)8-9-17(18)21/h4-10,23H,11H2,1-3H3. The Morgan fingerprint density at radius 2 is 1.70 bits per heavy atom. The fourth-order valence-electron chi connectivity index (χ4n) is 2.74. The fourth-order valence-corrected chi connectivity index (χ4v) is 4.68. The monoisotopic (exact) mass is 423 g/mol. The summed E-state index contributed by atoms with van der Waals surface area (Å²) in [5.41, 5.74) is 4.01. The van der Waals surface area contributed by atoms with Gasteiger partial charge in [0.05, 0.1) is 28.6 Å². The quantitative estimate of drug-likeness (QED) is 0.630. The number of hydrogen-bond donors (Lipinski definition) is 1. The molecular weight excluding hydrogens is 405 g/mol. The average Bonchev–Trinajstić information content (AvgIpc) is 2.86. The van der Waals surface area contributed by atoms with Gasteiger partial charge >= 0.3 is 0 Å². The molecule has 1 aromatic heterocycles. The molecule has 1 heterocycles. The van der Waals surface area contributed by atoms with Crippen LogP contribution in [0, 0.1) is 20.8 Å². The molecule has 8 heteroatoms. The van der Waals surface area contributed by atoms with Gasteiger partial charge in [0.15, 0.2) is 0 Å². The maximum atomic E-state index is 12.8. The third kappa shape index (κ3) is 4.29. The first-order valence-electron chi connectivity index (χ1n) is 8.25. The second-order valence-corrected chi connectivity index (χ2v) is 8.86. The zero-order chi connectivity index (χ0) is 19.8. The van der Waals surface area contributed by atoms with Crippen LogP contribution < -0.4 is 4.72 Å². The van der Waals surface area contributed by atoms with E-state index in [-0.39, 0.29) is 9.92 Å². The average molecular weight is 424 g/mol. The molecule has 0 fully saturated rings. The van der Waals surface area contributed by atoms with Crippen LogP contribution in [0.1, 0.15) is 22.5 Å². The van der Waals surface area contributed by atoms with Crippen molar-refractivity contribution in [3.8, 4) is 0 Å². The van der Waals surface area contributed by atoms with Crippen molar-refractivity contribution in [2.75, 3.05) is 4.72 Å². The van der Waals surface area contributed by atoms with Crippen molar-refractivity contribution in [2.45, 2.75) is 32.2 Å². The zero-order valence-corrected chi connectivity index (χ0v) is 17.5. The molecule has 142 valence electrons. The number of sulfonamides is 1. The number of nitrogens with zero attached hydrogens (tertiary/aromatic N) is 2. The van der Waals surface area contributed by atoms with Crippen LogP contribution in [-0.2, 0) is 16.6 Å². The van der Waals surface area contributed by atoms with Gasteiger partial charge in [0.25, 0.3) is 10.0 Å². The summed E-state index contributed by atoms with van der Waals surface area (Å²) in [4.78, 5) is -0.0678. The minimum Gasteiger partial charge on any atom is -0.276 e. The predicted molar refractivity (Wildman–Crippen MR) is 109 cm³/mol. The molecular formula is C19H19Cl2N3O2S. The highest BCUT2D eigenvalue weighted by Crippen LogP contribution is 2.29. The number of benzene rings is 2. The van der Waals surface area contributed by atoms with Gasteiger partial charge in [-0.25, -0.2) is 8.42 Å². The van der Waals surface area contributed by atoms with E-state index in [1.54, 1.807) is 17.7 Å². The van der Waals surface area contributed by atoms with Crippen molar-refractivity contribution < 1.29 is 8.42 Å². The molecule has 27 heavy (non-hydrogen) atoms. The second kappa shape index (κ2) is 7.54. The Hall–Kier alpha value is -2.02. The van der Waals surface area contributed by atoms with Crippen LogP contribution >= 0.6 is 23.2 Å². The molecule has 0 saturated heterocycles. The minimum atomic E-state index is -3.90. The number of rotatable bonds is 5. The van der Waals surface area contributed by atoms with Crippen molar-refractivity contribution in [1.29, 1.82) is 0 Å². The number of hydrogen-bond acceptors (Lipinski definition) is 3. The molecule has 1 N–H and O–H groups in total. The number of anilines is 1. The first kappa shape index (κ1) is 19.7. The van der Waals surface area contributed by atoms with Crippen molar-refractivity contribution >= 4 is 38.9 Å². The molecule has 2 aromatic carbocycles. The number of halogens is 2. The molecule has 0 spiro atoms. The van der Waals surface area contributed by atoms with E-state index in [1.807, 2.05) is 38.1 Å². The van der Waals surface area contributed by atoms with Gasteiger partial charge in [0.2, 0.25) is 0 Å². The van der Waals surface area contributed by atoms with Gasteiger partial charge in [-0.2, -0.15) is 5.10 Å². The molecule has 0 aliphatic heterocycles. The fraction of sp³-hybridized carbons (Fsp3) is 0.211. The Kier molecular flexibility index (Phi) is 5.51. The van der Waals surface area contributed by atoms with E-state index in [4.69, 9.17) is 23.2 Å². The lowest BCUT2D eigenvalue weighted by Crippen LogP contribution is -2.15. The summed E-state index contributed by atoms with van der Waals surface area (Å²) in [7, 11) is -3.90. The highest BCUT2D eigenvalue weighted by Gasteiger charge is 2.22. The third-order valence-electron chi connectivity index (χ3n) is 4.25. The number of aromatic nitrogens is 2. The molecule has 0 unspecified atom stereocenters. The third-order valence-corrected chi connectivity index (χ3v) is 6.32. The normalized spacial score (nSPS) is 11.6. The van der Waals surface area contributed by atoms with Crippen molar-refractivity contribution in [1.82, 2.24) is 9.78 Å². The van der Waals surface area contributed by atoms with Crippen LogP contribution in [0.25, 0.3) is 0 Å². The van der Waals surface area contributed by atoms with Crippen molar-refractivity contribution in [3.05, 3.63) is 75.0 Å². The van der Waals surface area contributed by atoms with Gasteiger partial charge in [-0.3, -0.25) is 9.40 Å². The van der Waals surface area contributed by atoms with Gasteiger partial charge in [0, 0.05) is 5.02 Å². The maximum absolute atomic E-state index is 12.8. The lowest BCUT2D eigenvalue weighted by atomic mass is 10.1. The topological polar surface area (TPSA) is 64.0 Å². The molecule has 0 amide bonds. The summed E-state index contributed by atoms with van der Waals surface area (Å²) in [6.45, 7) is 6.16. The van der Waals surface area contributed by atoms with Gasteiger partial charge in [-0.1, -0.05) is 53.0 Å². The summed E-state index contributed by atoms with van der Waals surface area (Å²) in [5.74, 6) is 0. The van der Waals surface area contributed by atoms with E-state index in [2.05, 4.69) is 9.82 Å². The number of nitrogens with one attached hydrogen (secondary N) is 1. The lowest BCUT2D eigenvalue weighted by molar-refractivity contribution is 0.601. The summed E-state index contributed by atoms with van der Waals surface area (Å²) in [6, 6.07) is 12.5. The van der Waals surface area contributed by atoms with Crippen LogP contribution in [0.15, 0.2) is 47.4 Å². The van der Waals surface area contributed by atoms with E-state index >= 15 is 0 Å². The Morgan fingerprint density at radius 3 is 2.37 bits per heavy atom. The van der Waals surface area contributed by atoms with Crippen LogP contribution in [-0.4, -0.2) is 18.2 Å². The van der Waals surface area contributed by atoms with Crippen molar-refractivity contribution in [2.24, 2.45) is 0 Å². The molecule has 0 aliphatic carbocycles. The van der Waals surface area contributed by atoms with Crippen LogP contribution in [0.3, 0.4) is 0 Å². The van der Waals surface area contributed by atoms with E-state index in [9.17, 15) is 8.42 Å². The van der Waals surface area contributed by atoms with Crippen molar-refractivity contribution in [3.63, 3.8) is 0 Å². The predicted octanol–water partition coefficient (Wildman–Crippen LogP) is 4.96. The first-order valence-corrected chi connectivity index (χ1v) is 10.5. The summed E-state index contributed by atoms with van der Waals surface area (Å²) < 4.78 is 30.0. The van der Waals surface area contributed by atoms with E-state index in [0.717, 1.165) is 11.3 Å². The number of aryl methyl sites for hydroxylation is 2. The summed E-state index contributed by atoms with van der Waals surface area (Å²) in [5, 5.41) is 4.88. The summed E-state index contributed by atoms with van der Waals surface area (Å²) >= 11 is 12.0. The van der Waals surface area contributed by atoms with Crippen LogP contribution in [0.4, 0.5) is 5.69 Å². The molecule has 3 aromatic rings. The first-order chi connectivity index (χ1) is 12.7. The van der Waals surface area contributed by atoms with E-state index < -0.39 is 10.0 Å². The Bertz CT molecular complexity index is 1090. The van der Waals surface area contributed by atoms with E-state index in [1.165, 1.54) is 17.7 Å². The molecule has 0 bridgehead atoms. The SMILES string of the molecule is Cc1ccc(Cn2nc(C)c(NS(=O)(=O)c3cc(Cl)ccc3Cl)c2C)cc1. The van der Waals surface area contributed by atoms with Gasteiger partial charge in [-0.15, -0.1) is 0 Å².